The molecule has 1 aliphatic rings. The Balaban J connectivity index is 1.10. The summed E-state index contributed by atoms with van der Waals surface area (Å²) in [6.45, 7) is 3.02. The van der Waals surface area contributed by atoms with Crippen molar-refractivity contribution in [1.29, 1.82) is 0 Å². The first-order valence-corrected chi connectivity index (χ1v) is 11.2. The molecule has 1 saturated heterocycles. The molecule has 0 spiro atoms. The number of nitrogens with one attached hydrogen (secondary N) is 2. The Kier molecular flexibility index (Phi) is 5.68. The molecule has 1 fully saturated rings. The topological polar surface area (TPSA) is 99.9 Å². The molecule has 0 radical (unpaired) electrons. The third-order valence-corrected chi connectivity index (χ3v) is 6.40. The SMILES string of the molecule is O=C(NCc1ncccc1I)c1coc(C2CN(CCc3nc4ccccc4[nH]3)C2)n1. The normalized spacial score (nSPS) is 14.6. The lowest BCUT2D eigenvalue weighted by molar-refractivity contribution is 0.0945. The van der Waals surface area contributed by atoms with Gasteiger partial charge in [0.05, 0.1) is 29.2 Å². The van der Waals surface area contributed by atoms with Crippen LogP contribution in [0.5, 0.6) is 0 Å². The van der Waals surface area contributed by atoms with Crippen molar-refractivity contribution in [1.82, 2.24) is 30.2 Å². The molecule has 8 nitrogen and oxygen atoms in total. The number of likely N-dealkylation sites (tertiary alicyclic amines) is 1. The van der Waals surface area contributed by atoms with Crippen LogP contribution in [0.4, 0.5) is 0 Å². The molecule has 5 rings (SSSR count). The fraction of sp³-hybridized carbons (Fsp3) is 0.273. The Morgan fingerprint density at radius 3 is 2.94 bits per heavy atom. The van der Waals surface area contributed by atoms with E-state index in [2.05, 4.69) is 52.7 Å². The highest BCUT2D eigenvalue weighted by atomic mass is 127. The van der Waals surface area contributed by atoms with E-state index >= 15 is 0 Å². The number of H-pyrrole nitrogens is 1. The molecule has 2 N–H and O–H groups in total. The van der Waals surface area contributed by atoms with E-state index in [4.69, 9.17) is 4.42 Å². The maximum Gasteiger partial charge on any atom is 0.273 e. The third kappa shape index (κ3) is 4.47. The summed E-state index contributed by atoms with van der Waals surface area (Å²) in [6, 6.07) is 11.9. The molecular weight excluding hydrogens is 507 g/mol. The number of para-hydroxylation sites is 2. The van der Waals surface area contributed by atoms with Gasteiger partial charge in [-0.15, -0.1) is 0 Å². The van der Waals surface area contributed by atoms with Gasteiger partial charge in [-0.05, 0) is 46.9 Å². The summed E-state index contributed by atoms with van der Waals surface area (Å²) in [5.74, 6) is 1.59. The first-order valence-electron chi connectivity index (χ1n) is 10.1. The van der Waals surface area contributed by atoms with Gasteiger partial charge in [-0.1, -0.05) is 12.1 Å². The smallest absolute Gasteiger partial charge is 0.273 e. The van der Waals surface area contributed by atoms with Gasteiger partial charge in [0.15, 0.2) is 11.6 Å². The summed E-state index contributed by atoms with van der Waals surface area (Å²) >= 11 is 2.20. The molecule has 0 bridgehead atoms. The highest BCUT2D eigenvalue weighted by Gasteiger charge is 2.32. The van der Waals surface area contributed by atoms with Crippen LogP contribution in [0.25, 0.3) is 11.0 Å². The summed E-state index contributed by atoms with van der Waals surface area (Å²) < 4.78 is 6.59. The van der Waals surface area contributed by atoms with Crippen molar-refractivity contribution in [3.8, 4) is 0 Å². The number of aromatic amines is 1. The minimum absolute atomic E-state index is 0.217. The zero-order valence-electron chi connectivity index (χ0n) is 16.7. The molecule has 1 aliphatic heterocycles. The minimum Gasteiger partial charge on any atom is -0.448 e. The number of imidazole rings is 1. The Hall–Kier alpha value is -2.79. The van der Waals surface area contributed by atoms with Crippen molar-refractivity contribution in [3.63, 3.8) is 0 Å². The van der Waals surface area contributed by atoms with E-state index in [0.717, 1.165) is 52.2 Å². The van der Waals surface area contributed by atoms with E-state index in [1.807, 2.05) is 36.4 Å². The molecule has 9 heteroatoms. The number of carbonyl (C=O) groups is 1. The molecule has 0 aliphatic carbocycles. The summed E-state index contributed by atoms with van der Waals surface area (Å²) in [4.78, 5) is 31.4. The molecular formula is C22H21IN6O2. The Labute approximate surface area is 192 Å². The number of nitrogens with zero attached hydrogens (tertiary/aromatic N) is 4. The Bertz CT molecular complexity index is 1180. The van der Waals surface area contributed by atoms with Crippen LogP contribution >= 0.6 is 22.6 Å². The molecule has 0 unspecified atom stereocenters. The van der Waals surface area contributed by atoms with Crippen molar-refractivity contribution < 1.29 is 9.21 Å². The second kappa shape index (κ2) is 8.75. The fourth-order valence-electron chi connectivity index (χ4n) is 3.68. The van der Waals surface area contributed by atoms with Gasteiger partial charge in [0.2, 0.25) is 0 Å². The molecule has 3 aromatic heterocycles. The maximum atomic E-state index is 12.4. The summed E-state index contributed by atoms with van der Waals surface area (Å²) in [6.07, 6.45) is 4.02. The van der Waals surface area contributed by atoms with Gasteiger partial charge in [0.25, 0.3) is 5.91 Å². The molecule has 4 aromatic rings. The molecule has 0 atom stereocenters. The summed E-state index contributed by atoms with van der Waals surface area (Å²) in [5, 5.41) is 2.85. The quantitative estimate of drug-likeness (QED) is 0.358. The summed E-state index contributed by atoms with van der Waals surface area (Å²) in [5.41, 5.74) is 3.21. The van der Waals surface area contributed by atoms with Gasteiger partial charge in [-0.25, -0.2) is 9.97 Å². The standard InChI is InChI=1S/C22H21IN6O2/c23-15-4-3-8-24-18(15)10-25-21(30)19-13-31-22(28-19)14-11-29(12-14)9-7-20-26-16-5-1-2-6-17(16)27-20/h1-6,8,13-14H,7,9-12H2,(H,25,30)(H,26,27). The highest BCUT2D eigenvalue weighted by Crippen LogP contribution is 2.26. The highest BCUT2D eigenvalue weighted by molar-refractivity contribution is 14.1. The summed E-state index contributed by atoms with van der Waals surface area (Å²) in [7, 11) is 0. The van der Waals surface area contributed by atoms with Gasteiger partial charge in [0, 0.05) is 35.8 Å². The first-order chi connectivity index (χ1) is 15.2. The second-order valence-corrected chi connectivity index (χ2v) is 8.75. The molecule has 0 saturated carbocycles. The van der Waals surface area contributed by atoms with E-state index in [1.54, 1.807) is 6.20 Å². The van der Waals surface area contributed by atoms with Crippen molar-refractivity contribution in [2.75, 3.05) is 19.6 Å². The average molecular weight is 528 g/mol. The van der Waals surface area contributed by atoms with E-state index in [0.29, 0.717) is 18.1 Å². The van der Waals surface area contributed by atoms with Crippen molar-refractivity contribution in [3.05, 3.63) is 75.5 Å². The van der Waals surface area contributed by atoms with Crippen LogP contribution < -0.4 is 5.32 Å². The van der Waals surface area contributed by atoms with Crippen LogP contribution in [-0.2, 0) is 13.0 Å². The number of halogens is 1. The second-order valence-electron chi connectivity index (χ2n) is 7.59. The predicted octanol–water partition coefficient (Wildman–Crippen LogP) is 3.12. The number of carbonyl (C=O) groups excluding carboxylic acids is 1. The van der Waals surface area contributed by atoms with Crippen LogP contribution in [-0.4, -0.2) is 50.4 Å². The molecule has 4 heterocycles. The lowest BCUT2D eigenvalue weighted by Gasteiger charge is -2.37. The van der Waals surface area contributed by atoms with Crippen molar-refractivity contribution >= 4 is 39.5 Å². The van der Waals surface area contributed by atoms with E-state index in [9.17, 15) is 4.79 Å². The van der Waals surface area contributed by atoms with Crippen LogP contribution in [0.15, 0.2) is 53.3 Å². The van der Waals surface area contributed by atoms with E-state index in [1.165, 1.54) is 6.26 Å². The van der Waals surface area contributed by atoms with Gasteiger partial charge in [0.1, 0.15) is 12.1 Å². The van der Waals surface area contributed by atoms with Gasteiger partial charge in [-0.3, -0.25) is 9.78 Å². The van der Waals surface area contributed by atoms with E-state index < -0.39 is 0 Å². The number of hydrogen-bond donors (Lipinski definition) is 2. The molecule has 158 valence electrons. The number of aromatic nitrogens is 4. The molecule has 31 heavy (non-hydrogen) atoms. The number of pyridine rings is 1. The number of amides is 1. The van der Waals surface area contributed by atoms with Crippen LogP contribution in [0.1, 0.15) is 33.8 Å². The predicted molar refractivity (Wildman–Crippen MR) is 124 cm³/mol. The monoisotopic (exact) mass is 528 g/mol. The minimum atomic E-state index is -0.252. The third-order valence-electron chi connectivity index (χ3n) is 5.42. The van der Waals surface area contributed by atoms with Gasteiger partial charge >= 0.3 is 0 Å². The lowest BCUT2D eigenvalue weighted by Crippen LogP contribution is -2.46. The fourth-order valence-corrected chi connectivity index (χ4v) is 4.22. The van der Waals surface area contributed by atoms with Crippen LogP contribution in [0.2, 0.25) is 0 Å². The molecule has 1 amide bonds. The van der Waals surface area contributed by atoms with Gasteiger partial charge in [-0.2, -0.15) is 0 Å². The molecule has 1 aromatic carbocycles. The lowest BCUT2D eigenvalue weighted by atomic mass is 10.00. The number of oxazole rings is 1. The zero-order chi connectivity index (χ0) is 21.2. The van der Waals surface area contributed by atoms with Crippen molar-refractivity contribution in [2.24, 2.45) is 0 Å². The van der Waals surface area contributed by atoms with Crippen molar-refractivity contribution in [2.45, 2.75) is 18.9 Å². The van der Waals surface area contributed by atoms with E-state index in [-0.39, 0.29) is 11.8 Å². The Morgan fingerprint density at radius 1 is 1.23 bits per heavy atom. The largest absolute Gasteiger partial charge is 0.448 e. The van der Waals surface area contributed by atoms with Crippen LogP contribution in [0, 0.1) is 3.57 Å². The zero-order valence-corrected chi connectivity index (χ0v) is 18.9. The number of hydrogen-bond acceptors (Lipinski definition) is 6. The average Bonchev–Trinajstić information content (AvgIpc) is 3.39. The number of benzene rings is 1. The first kappa shape index (κ1) is 20.1. The van der Waals surface area contributed by atoms with Gasteiger partial charge < -0.3 is 19.6 Å². The maximum absolute atomic E-state index is 12.4. The number of fused-ring (bicyclic) bond motifs is 1. The van der Waals surface area contributed by atoms with Crippen LogP contribution in [0.3, 0.4) is 0 Å². The Morgan fingerprint density at radius 2 is 2.10 bits per heavy atom. The number of rotatable bonds is 7.